The Morgan fingerprint density at radius 2 is 2.00 bits per heavy atom. The Morgan fingerprint density at radius 3 is 2.70 bits per heavy atom. The highest BCUT2D eigenvalue weighted by atomic mass is 32.2. The van der Waals surface area contributed by atoms with Crippen LogP contribution in [0.15, 0.2) is 53.7 Å². The summed E-state index contributed by atoms with van der Waals surface area (Å²) in [6.45, 7) is -0.329. The smallest absolute Gasteiger partial charge is 0.263 e. The van der Waals surface area contributed by atoms with Crippen LogP contribution >= 0.6 is 0 Å². The van der Waals surface area contributed by atoms with Gasteiger partial charge in [0.1, 0.15) is 11.5 Å². The van der Waals surface area contributed by atoms with E-state index in [0.29, 0.717) is 11.3 Å². The van der Waals surface area contributed by atoms with Crippen molar-refractivity contribution in [1.29, 1.82) is 0 Å². The molecule has 0 fully saturated rings. The van der Waals surface area contributed by atoms with E-state index in [2.05, 4.69) is 21.5 Å². The standard InChI is InChI=1S/C14H12N2O3S/c17-10-4-6-12-5-1-2-8-14(12)20(18,19)16-13-7-3-9-15-11-13/h1-3,5,7-9,11,16-17H,10H2. The molecular weight excluding hydrogens is 276 g/mol. The fraction of sp³-hybridized carbons (Fsp3) is 0.0714. The molecule has 1 aromatic heterocycles. The van der Waals surface area contributed by atoms with E-state index in [-0.39, 0.29) is 11.5 Å². The van der Waals surface area contributed by atoms with Crippen LogP contribution in [0.25, 0.3) is 0 Å². The molecule has 0 radical (unpaired) electrons. The summed E-state index contributed by atoms with van der Waals surface area (Å²) in [5.41, 5.74) is 0.704. The third kappa shape index (κ3) is 3.35. The first-order valence-electron chi connectivity index (χ1n) is 5.75. The van der Waals surface area contributed by atoms with Crippen LogP contribution in [0.3, 0.4) is 0 Å². The predicted molar refractivity (Wildman–Crippen MR) is 75.5 cm³/mol. The number of hydrogen-bond donors (Lipinski definition) is 2. The van der Waals surface area contributed by atoms with Crippen LogP contribution in [0.1, 0.15) is 5.56 Å². The summed E-state index contributed by atoms with van der Waals surface area (Å²) in [5, 5.41) is 8.71. The lowest BCUT2D eigenvalue weighted by molar-refractivity contribution is 0.350. The van der Waals surface area contributed by atoms with Crippen molar-refractivity contribution < 1.29 is 13.5 Å². The number of nitrogens with one attached hydrogen (secondary N) is 1. The lowest BCUT2D eigenvalue weighted by Crippen LogP contribution is -2.14. The van der Waals surface area contributed by atoms with Crippen molar-refractivity contribution >= 4 is 15.7 Å². The van der Waals surface area contributed by atoms with E-state index in [4.69, 9.17) is 5.11 Å². The summed E-state index contributed by atoms with van der Waals surface area (Å²) in [5.74, 6) is 5.06. The molecule has 20 heavy (non-hydrogen) atoms. The van der Waals surface area contributed by atoms with Gasteiger partial charge in [0.15, 0.2) is 0 Å². The van der Waals surface area contributed by atoms with Gasteiger partial charge in [0.05, 0.1) is 11.9 Å². The summed E-state index contributed by atoms with van der Waals surface area (Å²) >= 11 is 0. The maximum absolute atomic E-state index is 12.3. The molecule has 0 amide bonds. The Labute approximate surface area is 117 Å². The van der Waals surface area contributed by atoms with E-state index in [1.54, 1.807) is 36.5 Å². The van der Waals surface area contributed by atoms with Crippen LogP contribution in [0.5, 0.6) is 0 Å². The molecule has 5 nitrogen and oxygen atoms in total. The van der Waals surface area contributed by atoms with Crippen molar-refractivity contribution in [1.82, 2.24) is 4.98 Å². The first-order valence-corrected chi connectivity index (χ1v) is 7.23. The van der Waals surface area contributed by atoms with Gasteiger partial charge >= 0.3 is 0 Å². The molecule has 1 aromatic carbocycles. The third-order valence-corrected chi connectivity index (χ3v) is 3.83. The number of aliphatic hydroxyl groups is 1. The average Bonchev–Trinajstić information content (AvgIpc) is 2.46. The molecule has 102 valence electrons. The number of sulfonamides is 1. The van der Waals surface area contributed by atoms with Crippen LogP contribution in [0.2, 0.25) is 0 Å². The van der Waals surface area contributed by atoms with Crippen LogP contribution in [0, 0.1) is 11.8 Å². The van der Waals surface area contributed by atoms with Crippen molar-refractivity contribution in [3.05, 3.63) is 54.4 Å². The first-order chi connectivity index (χ1) is 9.63. The second kappa shape index (κ2) is 6.19. The van der Waals surface area contributed by atoms with E-state index in [1.807, 2.05) is 0 Å². The molecule has 0 aliphatic carbocycles. The summed E-state index contributed by atoms with van der Waals surface area (Å²) in [6.07, 6.45) is 2.97. The predicted octanol–water partition coefficient (Wildman–Crippen LogP) is 1.23. The highest BCUT2D eigenvalue weighted by molar-refractivity contribution is 7.92. The lowest BCUT2D eigenvalue weighted by atomic mass is 10.2. The molecule has 0 saturated heterocycles. The Morgan fingerprint density at radius 1 is 1.20 bits per heavy atom. The van der Waals surface area contributed by atoms with Gasteiger partial charge in [-0.1, -0.05) is 24.0 Å². The molecule has 1 heterocycles. The highest BCUT2D eigenvalue weighted by Crippen LogP contribution is 2.18. The van der Waals surface area contributed by atoms with Gasteiger partial charge in [-0.05, 0) is 24.3 Å². The van der Waals surface area contributed by atoms with E-state index in [0.717, 1.165) is 0 Å². The average molecular weight is 288 g/mol. The van der Waals surface area contributed by atoms with Gasteiger partial charge in [0.25, 0.3) is 10.0 Å². The second-order valence-corrected chi connectivity index (χ2v) is 5.45. The van der Waals surface area contributed by atoms with Gasteiger partial charge in [-0.25, -0.2) is 8.42 Å². The summed E-state index contributed by atoms with van der Waals surface area (Å²) in [7, 11) is -3.75. The molecule has 0 bridgehead atoms. The maximum atomic E-state index is 12.3. The monoisotopic (exact) mass is 288 g/mol. The minimum absolute atomic E-state index is 0.0600. The second-order valence-electron chi connectivity index (χ2n) is 3.80. The number of pyridine rings is 1. The van der Waals surface area contributed by atoms with Crippen LogP contribution in [0.4, 0.5) is 5.69 Å². The normalized spacial score (nSPS) is 10.4. The molecule has 0 aliphatic rings. The fourth-order valence-electron chi connectivity index (χ4n) is 1.57. The van der Waals surface area contributed by atoms with Gasteiger partial charge in [-0.15, -0.1) is 0 Å². The molecule has 0 saturated carbocycles. The number of benzene rings is 1. The lowest BCUT2D eigenvalue weighted by Gasteiger charge is -2.09. The molecule has 0 aliphatic heterocycles. The molecule has 0 unspecified atom stereocenters. The van der Waals surface area contributed by atoms with Gasteiger partial charge < -0.3 is 5.11 Å². The minimum Gasteiger partial charge on any atom is -0.384 e. The summed E-state index contributed by atoms with van der Waals surface area (Å²) < 4.78 is 27.1. The molecular formula is C14H12N2O3S. The van der Waals surface area contributed by atoms with E-state index < -0.39 is 10.0 Å². The SMILES string of the molecule is O=S(=O)(Nc1cccnc1)c1ccccc1C#CCO. The number of aliphatic hydroxyl groups excluding tert-OH is 1. The van der Waals surface area contributed by atoms with Crippen molar-refractivity contribution in [2.75, 3.05) is 11.3 Å². The van der Waals surface area contributed by atoms with Crippen molar-refractivity contribution in [3.8, 4) is 11.8 Å². The maximum Gasteiger partial charge on any atom is 0.263 e. The van der Waals surface area contributed by atoms with Gasteiger partial charge in [0.2, 0.25) is 0 Å². The molecule has 2 rings (SSSR count). The Kier molecular flexibility index (Phi) is 4.35. The summed E-state index contributed by atoms with van der Waals surface area (Å²) in [4.78, 5) is 3.91. The molecule has 0 spiro atoms. The van der Waals surface area contributed by atoms with Gasteiger partial charge in [0, 0.05) is 11.8 Å². The van der Waals surface area contributed by atoms with Gasteiger partial charge in [-0.3, -0.25) is 9.71 Å². The Balaban J connectivity index is 2.40. The van der Waals surface area contributed by atoms with Crippen LogP contribution < -0.4 is 4.72 Å². The third-order valence-electron chi connectivity index (χ3n) is 2.39. The molecule has 6 heteroatoms. The Hall–Kier alpha value is -2.36. The number of nitrogens with zero attached hydrogens (tertiary/aromatic N) is 1. The van der Waals surface area contributed by atoms with Crippen molar-refractivity contribution in [3.63, 3.8) is 0 Å². The van der Waals surface area contributed by atoms with E-state index in [9.17, 15) is 8.42 Å². The largest absolute Gasteiger partial charge is 0.384 e. The van der Waals surface area contributed by atoms with Crippen LogP contribution in [-0.2, 0) is 10.0 Å². The minimum atomic E-state index is -3.75. The first kappa shape index (κ1) is 14.1. The number of hydrogen-bond acceptors (Lipinski definition) is 4. The number of anilines is 1. The molecule has 0 atom stereocenters. The van der Waals surface area contributed by atoms with E-state index >= 15 is 0 Å². The Bertz CT molecular complexity index is 747. The zero-order chi connectivity index (χ0) is 14.4. The van der Waals surface area contributed by atoms with Crippen LogP contribution in [-0.4, -0.2) is 25.1 Å². The fourth-order valence-corrected chi connectivity index (χ4v) is 2.78. The topological polar surface area (TPSA) is 79.3 Å². The number of rotatable bonds is 3. The van der Waals surface area contributed by atoms with Crippen molar-refractivity contribution in [2.45, 2.75) is 4.90 Å². The van der Waals surface area contributed by atoms with Crippen molar-refractivity contribution in [2.24, 2.45) is 0 Å². The quantitative estimate of drug-likeness (QED) is 0.832. The molecule has 2 N–H and O–H groups in total. The van der Waals surface area contributed by atoms with E-state index in [1.165, 1.54) is 12.3 Å². The zero-order valence-electron chi connectivity index (χ0n) is 10.4. The molecule has 2 aromatic rings. The summed E-state index contributed by atoms with van der Waals surface area (Å²) in [6, 6.07) is 9.58. The highest BCUT2D eigenvalue weighted by Gasteiger charge is 2.17. The van der Waals surface area contributed by atoms with Gasteiger partial charge in [-0.2, -0.15) is 0 Å². The number of aromatic nitrogens is 1. The zero-order valence-corrected chi connectivity index (χ0v) is 11.3.